The molecule has 0 radical (unpaired) electrons. The molecule has 0 heterocycles. The summed E-state index contributed by atoms with van der Waals surface area (Å²) >= 11 is 0. The molecule has 0 aromatic rings. The fraction of sp³-hybridized carbons (Fsp3) is 0.333. The molecule has 0 aliphatic carbocycles. The van der Waals surface area contributed by atoms with Crippen molar-refractivity contribution in [2.45, 2.75) is 0 Å². The van der Waals surface area contributed by atoms with E-state index in [9.17, 15) is 0 Å². The van der Waals surface area contributed by atoms with Gasteiger partial charge in [0.1, 0.15) is 0 Å². The second kappa shape index (κ2) is 7.84. The normalized spacial score (nSPS) is 12.5. The fourth-order valence-corrected chi connectivity index (χ4v) is 0.334. The summed E-state index contributed by atoms with van der Waals surface area (Å²) in [6.45, 7) is 1.20. The summed E-state index contributed by atoms with van der Waals surface area (Å²) in [7, 11) is 0. The number of nitrogens with two attached hydrogens (primary N) is 2. The minimum atomic E-state index is 0.567. The van der Waals surface area contributed by atoms with Crippen molar-refractivity contribution in [2.75, 3.05) is 13.1 Å². The molecule has 0 aliphatic heterocycles. The monoisotopic (exact) mass is 140 g/mol. The zero-order valence-corrected chi connectivity index (χ0v) is 5.77. The van der Waals surface area contributed by atoms with E-state index in [0.29, 0.717) is 13.1 Å². The zero-order valence-electron chi connectivity index (χ0n) is 5.77. The van der Waals surface area contributed by atoms with E-state index in [1.165, 1.54) is 12.4 Å². The highest BCUT2D eigenvalue weighted by molar-refractivity contribution is 6.16. The van der Waals surface area contributed by atoms with E-state index in [1.807, 2.05) is 0 Å². The van der Waals surface area contributed by atoms with Crippen LogP contribution in [0, 0.1) is 0 Å². The Morgan fingerprint density at radius 2 is 2.10 bits per heavy atom. The molecule has 0 saturated carbocycles. The molecule has 0 aromatic heterocycles. The average Bonchev–Trinajstić information content (AvgIpc) is 1.97. The standard InChI is InChI=1S/C6H12N4/c7-1-3-9-5-6-10-4-2-8/h1,3,5-6H,2,4,7-8H2/b3-1+,9-5?,10-6?. The minimum absolute atomic E-state index is 0.567. The minimum Gasteiger partial charge on any atom is -0.403 e. The Kier molecular flexibility index (Phi) is 6.93. The molecule has 0 amide bonds. The largest absolute Gasteiger partial charge is 0.403 e. The van der Waals surface area contributed by atoms with E-state index in [0.717, 1.165) is 0 Å². The third-order valence-electron chi connectivity index (χ3n) is 0.688. The van der Waals surface area contributed by atoms with E-state index < -0.39 is 0 Å². The molecule has 0 spiro atoms. The van der Waals surface area contributed by atoms with Gasteiger partial charge in [-0.2, -0.15) is 0 Å². The third-order valence-corrected chi connectivity index (χ3v) is 0.688. The lowest BCUT2D eigenvalue weighted by molar-refractivity contribution is 0.982. The Hall–Kier alpha value is -1.16. The van der Waals surface area contributed by atoms with Crippen LogP contribution in [0.15, 0.2) is 22.4 Å². The summed E-state index contributed by atoms with van der Waals surface area (Å²) < 4.78 is 0. The maximum Gasteiger partial charge on any atom is 0.0512 e. The zero-order chi connectivity index (χ0) is 7.66. The van der Waals surface area contributed by atoms with Crippen molar-refractivity contribution in [3.05, 3.63) is 12.4 Å². The van der Waals surface area contributed by atoms with Crippen LogP contribution in [-0.2, 0) is 0 Å². The number of rotatable bonds is 4. The molecule has 0 bridgehead atoms. The van der Waals surface area contributed by atoms with Crippen LogP contribution in [0.1, 0.15) is 0 Å². The summed E-state index contributed by atoms with van der Waals surface area (Å²) in [4.78, 5) is 7.63. The van der Waals surface area contributed by atoms with Crippen LogP contribution < -0.4 is 11.5 Å². The van der Waals surface area contributed by atoms with Crippen LogP contribution in [0.25, 0.3) is 0 Å². The fourth-order valence-electron chi connectivity index (χ4n) is 0.334. The van der Waals surface area contributed by atoms with Gasteiger partial charge in [-0.3, -0.25) is 9.98 Å². The van der Waals surface area contributed by atoms with Gasteiger partial charge in [-0.05, 0) is 0 Å². The predicted octanol–water partition coefficient (Wildman–Crippen LogP) is -0.483. The number of aliphatic imine (C=N–C) groups is 2. The van der Waals surface area contributed by atoms with E-state index >= 15 is 0 Å². The van der Waals surface area contributed by atoms with Gasteiger partial charge in [-0.25, -0.2) is 0 Å². The summed E-state index contributed by atoms with van der Waals surface area (Å²) in [5, 5.41) is 0. The topological polar surface area (TPSA) is 76.8 Å². The molecule has 4 nitrogen and oxygen atoms in total. The van der Waals surface area contributed by atoms with Crippen LogP contribution in [0.4, 0.5) is 0 Å². The highest BCUT2D eigenvalue weighted by Gasteiger charge is 1.68. The third kappa shape index (κ3) is 6.84. The van der Waals surface area contributed by atoms with E-state index in [4.69, 9.17) is 11.5 Å². The molecule has 4 N–H and O–H groups in total. The van der Waals surface area contributed by atoms with Gasteiger partial charge in [0.25, 0.3) is 0 Å². The van der Waals surface area contributed by atoms with Gasteiger partial charge in [0, 0.05) is 31.4 Å². The first kappa shape index (κ1) is 8.84. The maximum atomic E-state index is 5.18. The SMILES string of the molecule is N/C=C/N=CC=NCCN. The number of hydrogen-bond donors (Lipinski definition) is 2. The van der Waals surface area contributed by atoms with Crippen LogP contribution in [0.2, 0.25) is 0 Å². The van der Waals surface area contributed by atoms with E-state index in [-0.39, 0.29) is 0 Å². The highest BCUT2D eigenvalue weighted by atomic mass is 14.8. The highest BCUT2D eigenvalue weighted by Crippen LogP contribution is 1.65. The molecule has 0 aromatic carbocycles. The van der Waals surface area contributed by atoms with Crippen LogP contribution in [-0.4, -0.2) is 25.5 Å². The Morgan fingerprint density at radius 3 is 2.70 bits per heavy atom. The van der Waals surface area contributed by atoms with Crippen LogP contribution in [0.5, 0.6) is 0 Å². The van der Waals surface area contributed by atoms with Gasteiger partial charge in [0.05, 0.1) is 6.54 Å². The molecule has 4 heteroatoms. The van der Waals surface area contributed by atoms with Crippen molar-refractivity contribution in [1.29, 1.82) is 0 Å². The molecular formula is C6H12N4. The molecule has 0 rings (SSSR count). The smallest absolute Gasteiger partial charge is 0.0512 e. The summed E-state index contributed by atoms with van der Waals surface area (Å²) in [5.74, 6) is 0. The van der Waals surface area contributed by atoms with Crippen molar-refractivity contribution >= 4 is 12.4 Å². The Morgan fingerprint density at radius 1 is 1.30 bits per heavy atom. The summed E-state index contributed by atoms with van der Waals surface area (Å²) in [6.07, 6.45) is 5.98. The quantitative estimate of drug-likeness (QED) is 0.517. The Bertz CT molecular complexity index is 137. The van der Waals surface area contributed by atoms with Crippen LogP contribution in [0.3, 0.4) is 0 Å². The molecule has 56 valence electrons. The van der Waals surface area contributed by atoms with Gasteiger partial charge in [-0.1, -0.05) is 0 Å². The lowest BCUT2D eigenvalue weighted by Gasteiger charge is -1.80. The van der Waals surface area contributed by atoms with Gasteiger partial charge >= 0.3 is 0 Å². The van der Waals surface area contributed by atoms with Crippen LogP contribution >= 0.6 is 0 Å². The van der Waals surface area contributed by atoms with Crippen molar-refractivity contribution in [1.82, 2.24) is 0 Å². The van der Waals surface area contributed by atoms with Gasteiger partial charge in [-0.15, -0.1) is 0 Å². The molecule has 0 unspecified atom stereocenters. The van der Waals surface area contributed by atoms with Gasteiger partial charge in [0.2, 0.25) is 0 Å². The predicted molar refractivity (Wildman–Crippen MR) is 44.2 cm³/mol. The van der Waals surface area contributed by atoms with Crippen molar-refractivity contribution in [3.8, 4) is 0 Å². The van der Waals surface area contributed by atoms with Gasteiger partial charge < -0.3 is 11.5 Å². The maximum absolute atomic E-state index is 5.18. The summed E-state index contributed by atoms with van der Waals surface area (Å²) in [5.41, 5.74) is 10.2. The van der Waals surface area contributed by atoms with Gasteiger partial charge in [0.15, 0.2) is 0 Å². The Labute approximate surface area is 60.3 Å². The molecule has 0 fully saturated rings. The first-order valence-electron chi connectivity index (χ1n) is 3.00. The molecule has 0 saturated heterocycles. The second-order valence-electron chi connectivity index (χ2n) is 1.48. The molecule has 0 atom stereocenters. The number of hydrogen-bond acceptors (Lipinski definition) is 4. The molecular weight excluding hydrogens is 128 g/mol. The first-order valence-corrected chi connectivity index (χ1v) is 3.00. The Balaban J connectivity index is 3.32. The lowest BCUT2D eigenvalue weighted by Crippen LogP contribution is -2.02. The molecule has 0 aliphatic rings. The second-order valence-corrected chi connectivity index (χ2v) is 1.48. The average molecular weight is 140 g/mol. The lowest BCUT2D eigenvalue weighted by atomic mass is 10.6. The first-order chi connectivity index (χ1) is 4.91. The number of nitrogens with zero attached hydrogens (tertiary/aromatic N) is 2. The van der Waals surface area contributed by atoms with E-state index in [1.54, 1.807) is 12.4 Å². The van der Waals surface area contributed by atoms with Crippen molar-refractivity contribution in [2.24, 2.45) is 21.5 Å². The van der Waals surface area contributed by atoms with E-state index in [2.05, 4.69) is 9.98 Å². The summed E-state index contributed by atoms with van der Waals surface area (Å²) in [6, 6.07) is 0. The molecule has 10 heavy (non-hydrogen) atoms. The van der Waals surface area contributed by atoms with Crippen molar-refractivity contribution in [3.63, 3.8) is 0 Å². The van der Waals surface area contributed by atoms with Crippen molar-refractivity contribution < 1.29 is 0 Å².